The molecule has 6 heteroatoms. The zero-order chi connectivity index (χ0) is 11.9. The molecule has 4 heterocycles. The average Bonchev–Trinajstić information content (AvgIpc) is 3.04. The number of hydrogen-bond acceptors (Lipinski definition) is 4. The molecule has 86 valence electrons. The summed E-state index contributed by atoms with van der Waals surface area (Å²) in [7, 11) is 0. The number of pyridine rings is 2. The summed E-state index contributed by atoms with van der Waals surface area (Å²) in [6, 6.07) is 7.91. The van der Waals surface area contributed by atoms with E-state index in [2.05, 4.69) is 26.2 Å². The Morgan fingerprint density at radius 1 is 1.11 bits per heavy atom. The van der Waals surface area contributed by atoms with E-state index in [1.54, 1.807) is 23.9 Å². The van der Waals surface area contributed by atoms with Gasteiger partial charge >= 0.3 is 5.82 Å². The van der Waals surface area contributed by atoms with Crippen molar-refractivity contribution in [1.82, 2.24) is 20.2 Å². The fourth-order valence-corrected chi connectivity index (χ4v) is 2.77. The van der Waals surface area contributed by atoms with E-state index in [1.165, 1.54) is 0 Å². The van der Waals surface area contributed by atoms with E-state index in [-0.39, 0.29) is 0 Å². The lowest BCUT2D eigenvalue weighted by Crippen LogP contribution is -2.25. The van der Waals surface area contributed by atoms with Gasteiger partial charge in [0.1, 0.15) is 17.2 Å². The number of aromatic nitrogens is 5. The van der Waals surface area contributed by atoms with Crippen molar-refractivity contribution in [2.45, 2.75) is 0 Å². The molecule has 0 atom stereocenters. The smallest absolute Gasteiger partial charge is 0.281 e. The van der Waals surface area contributed by atoms with Gasteiger partial charge in [0.25, 0.3) is 0 Å². The molecular formula is C12H8N5S+. The summed E-state index contributed by atoms with van der Waals surface area (Å²) in [5.41, 5.74) is 2.72. The first kappa shape index (κ1) is 9.67. The molecular weight excluding hydrogens is 246 g/mol. The maximum atomic E-state index is 4.55. The van der Waals surface area contributed by atoms with Crippen molar-refractivity contribution in [1.29, 1.82) is 0 Å². The molecule has 0 saturated heterocycles. The number of nitrogens with one attached hydrogen (secondary N) is 1. The van der Waals surface area contributed by atoms with Crippen LogP contribution in [0, 0.1) is 0 Å². The Morgan fingerprint density at radius 2 is 2.11 bits per heavy atom. The van der Waals surface area contributed by atoms with Crippen LogP contribution in [-0.4, -0.2) is 20.2 Å². The Balaban J connectivity index is 1.94. The minimum atomic E-state index is 0.866. The highest BCUT2D eigenvalue weighted by Crippen LogP contribution is 2.15. The van der Waals surface area contributed by atoms with Gasteiger partial charge < -0.3 is 0 Å². The predicted octanol–water partition coefficient (Wildman–Crippen LogP) is 1.84. The first-order chi connectivity index (χ1) is 8.90. The zero-order valence-corrected chi connectivity index (χ0v) is 10.1. The Morgan fingerprint density at radius 3 is 3.06 bits per heavy atom. The molecule has 0 fully saturated rings. The molecule has 0 spiro atoms. The van der Waals surface area contributed by atoms with Gasteiger partial charge in [-0.2, -0.15) is 5.10 Å². The lowest BCUT2D eigenvalue weighted by Gasteiger charge is -1.87. The zero-order valence-electron chi connectivity index (χ0n) is 9.24. The van der Waals surface area contributed by atoms with Crippen LogP contribution in [0.1, 0.15) is 0 Å². The van der Waals surface area contributed by atoms with E-state index in [4.69, 9.17) is 0 Å². The van der Waals surface area contributed by atoms with Crippen LogP contribution in [0.15, 0.2) is 42.9 Å². The molecule has 5 nitrogen and oxygen atoms in total. The van der Waals surface area contributed by atoms with E-state index < -0.39 is 0 Å². The van der Waals surface area contributed by atoms with Crippen LogP contribution >= 0.6 is 11.5 Å². The van der Waals surface area contributed by atoms with E-state index >= 15 is 0 Å². The summed E-state index contributed by atoms with van der Waals surface area (Å²) in [4.78, 5) is 8.88. The van der Waals surface area contributed by atoms with Crippen LogP contribution < -0.4 is 3.96 Å². The maximum Gasteiger partial charge on any atom is 0.339 e. The van der Waals surface area contributed by atoms with Crippen molar-refractivity contribution in [3.8, 4) is 5.82 Å². The number of fused-ring (bicyclic) bond motifs is 2. The Hall–Kier alpha value is -2.34. The number of nitrogens with zero attached hydrogens (tertiary/aromatic N) is 4. The van der Waals surface area contributed by atoms with E-state index in [1.807, 2.05) is 28.4 Å². The quantitative estimate of drug-likeness (QED) is 0.527. The summed E-state index contributed by atoms with van der Waals surface area (Å²) in [5.74, 6) is 0.881. The van der Waals surface area contributed by atoms with Crippen LogP contribution in [-0.2, 0) is 0 Å². The molecule has 4 aromatic rings. The number of rotatable bonds is 1. The highest BCUT2D eigenvalue weighted by Gasteiger charge is 2.14. The average molecular weight is 254 g/mol. The van der Waals surface area contributed by atoms with Gasteiger partial charge in [0, 0.05) is 12.3 Å². The van der Waals surface area contributed by atoms with Gasteiger partial charge in [-0.1, -0.05) is 0 Å². The molecule has 1 N–H and O–H groups in total. The van der Waals surface area contributed by atoms with Crippen LogP contribution in [0.2, 0.25) is 0 Å². The molecule has 0 aliphatic rings. The van der Waals surface area contributed by atoms with Crippen molar-refractivity contribution >= 4 is 32.8 Å². The van der Waals surface area contributed by atoms with Gasteiger partial charge in [0.05, 0.1) is 22.4 Å². The minimum Gasteiger partial charge on any atom is -0.281 e. The Bertz CT molecular complexity index is 815. The molecule has 0 amide bonds. The van der Waals surface area contributed by atoms with Crippen molar-refractivity contribution in [3.63, 3.8) is 0 Å². The summed E-state index contributed by atoms with van der Waals surface area (Å²) in [5, 5.41) is 6.90. The topological polar surface area (TPSA) is 58.3 Å². The van der Waals surface area contributed by atoms with Crippen molar-refractivity contribution in [3.05, 3.63) is 42.9 Å². The molecule has 0 bridgehead atoms. The maximum absolute atomic E-state index is 4.55. The number of H-pyrrole nitrogens is 1. The monoisotopic (exact) mass is 254 g/mol. The fourth-order valence-electron chi connectivity index (χ4n) is 1.88. The lowest BCUT2D eigenvalue weighted by atomic mass is 10.4. The normalized spacial score (nSPS) is 11.3. The van der Waals surface area contributed by atoms with Gasteiger partial charge in [-0.15, -0.1) is 3.96 Å². The van der Waals surface area contributed by atoms with Crippen LogP contribution in [0.5, 0.6) is 0 Å². The van der Waals surface area contributed by atoms with Crippen LogP contribution in [0.4, 0.5) is 0 Å². The molecule has 0 unspecified atom stereocenters. The highest BCUT2D eigenvalue weighted by molar-refractivity contribution is 7.09. The third kappa shape index (κ3) is 1.39. The second-order valence-corrected chi connectivity index (χ2v) is 4.91. The highest BCUT2D eigenvalue weighted by atomic mass is 32.1. The van der Waals surface area contributed by atoms with E-state index in [9.17, 15) is 0 Å². The molecule has 0 aliphatic heterocycles. The molecule has 0 radical (unpaired) electrons. The van der Waals surface area contributed by atoms with Gasteiger partial charge in [0.15, 0.2) is 0 Å². The fraction of sp³-hybridized carbons (Fsp3) is 0. The van der Waals surface area contributed by atoms with Crippen molar-refractivity contribution < 1.29 is 3.96 Å². The summed E-state index contributed by atoms with van der Waals surface area (Å²) in [6.45, 7) is 0. The second-order valence-electron chi connectivity index (χ2n) is 3.89. The largest absolute Gasteiger partial charge is 0.339 e. The molecule has 4 rings (SSSR count). The second kappa shape index (κ2) is 3.58. The minimum absolute atomic E-state index is 0.866. The van der Waals surface area contributed by atoms with Gasteiger partial charge in [-0.3, -0.25) is 10.1 Å². The summed E-state index contributed by atoms with van der Waals surface area (Å²) >= 11 is 1.62. The first-order valence-corrected chi connectivity index (χ1v) is 6.25. The van der Waals surface area contributed by atoms with Gasteiger partial charge in [-0.05, 0) is 23.2 Å². The molecule has 18 heavy (non-hydrogen) atoms. The first-order valence-electron chi connectivity index (χ1n) is 5.48. The Kier molecular flexibility index (Phi) is 1.92. The van der Waals surface area contributed by atoms with Crippen molar-refractivity contribution in [2.24, 2.45) is 0 Å². The van der Waals surface area contributed by atoms with E-state index in [0.29, 0.717) is 0 Å². The van der Waals surface area contributed by atoms with Crippen LogP contribution in [0.25, 0.3) is 27.1 Å². The van der Waals surface area contributed by atoms with Gasteiger partial charge in [-0.25, -0.2) is 0 Å². The van der Waals surface area contributed by atoms with Gasteiger partial charge in [0.2, 0.25) is 5.52 Å². The third-order valence-corrected chi connectivity index (χ3v) is 3.77. The molecule has 4 aromatic heterocycles. The summed E-state index contributed by atoms with van der Waals surface area (Å²) in [6.07, 6.45) is 5.59. The van der Waals surface area contributed by atoms with E-state index in [0.717, 1.165) is 27.1 Å². The molecule has 0 saturated carbocycles. The number of aromatic amines is 1. The van der Waals surface area contributed by atoms with Crippen molar-refractivity contribution in [2.75, 3.05) is 0 Å². The number of hydrogen-bond donors (Lipinski definition) is 1. The standard InChI is InChI=1S/C12H8N5S/c1-2-11-10(13-5-1)7-17(18-11)12-4-3-8-9(15-12)6-14-16-8/h1-7H,(H,14,16)/q+1. The SMILES string of the molecule is c1cnc2c[n+](-c3ccc4n[nH]cc4n3)sc2c1. The summed E-state index contributed by atoms with van der Waals surface area (Å²) < 4.78 is 3.16. The molecule has 0 aromatic carbocycles. The Labute approximate surface area is 106 Å². The molecule has 0 aliphatic carbocycles. The van der Waals surface area contributed by atoms with Crippen LogP contribution in [0.3, 0.4) is 0 Å². The predicted molar refractivity (Wildman–Crippen MR) is 68.6 cm³/mol. The lowest BCUT2D eigenvalue weighted by molar-refractivity contribution is -0.522. The third-order valence-electron chi connectivity index (χ3n) is 2.74.